The molecule has 0 unspecified atom stereocenters. The minimum Gasteiger partial charge on any atom is -0.311 e. The van der Waals surface area contributed by atoms with Gasteiger partial charge in [-0.25, -0.2) is 0 Å². The summed E-state index contributed by atoms with van der Waals surface area (Å²) < 4.78 is 2.54. The lowest BCUT2D eigenvalue weighted by atomic mass is 9.82. The van der Waals surface area contributed by atoms with Crippen LogP contribution in [-0.4, -0.2) is 4.57 Å². The Kier molecular flexibility index (Phi) is 7.96. The summed E-state index contributed by atoms with van der Waals surface area (Å²) in [5.74, 6) is 0. The second kappa shape index (κ2) is 13.5. The second-order valence-electron chi connectivity index (χ2n) is 18.2. The summed E-state index contributed by atoms with van der Waals surface area (Å²) in [6.45, 7) is 9.53. The van der Waals surface area contributed by atoms with Crippen molar-refractivity contribution in [1.82, 2.24) is 4.57 Å². The van der Waals surface area contributed by atoms with E-state index in [9.17, 15) is 0 Å². The fraction of sp³-hybridized carbons (Fsp3) is 0.100. The van der Waals surface area contributed by atoms with E-state index in [-0.39, 0.29) is 10.8 Å². The molecular formula is C60H46N2. The van der Waals surface area contributed by atoms with E-state index in [0.717, 1.165) is 17.1 Å². The first-order chi connectivity index (χ1) is 30.3. The van der Waals surface area contributed by atoms with Gasteiger partial charge in [-0.2, -0.15) is 0 Å². The molecular weight excluding hydrogens is 749 g/mol. The summed E-state index contributed by atoms with van der Waals surface area (Å²) in [6, 6.07) is 76.3. The van der Waals surface area contributed by atoms with Crippen LogP contribution in [0.4, 0.5) is 17.1 Å². The number of fused-ring (bicyclic) bond motifs is 9. The minimum atomic E-state index is -0.105. The molecule has 0 spiro atoms. The molecule has 296 valence electrons. The second-order valence-corrected chi connectivity index (χ2v) is 18.2. The molecule has 0 saturated carbocycles. The van der Waals surface area contributed by atoms with Crippen LogP contribution in [0.15, 0.2) is 206 Å². The number of rotatable bonds is 6. The maximum atomic E-state index is 2.54. The monoisotopic (exact) mass is 794 g/mol. The average molecular weight is 795 g/mol. The fourth-order valence-electron chi connectivity index (χ4n) is 10.8. The standard InChI is InChI=1S/C60H46N2/c1-59(2)53-27-13-11-25-47(53)49-35-51-52-36-50-48-26-12-14-28-54(48)60(3,4)56(50)38-58(52)62(57(51)37-55(49)59)46-24-16-19-42(34-46)41-18-15-17-40(33-41)39-29-31-45(32-30-39)61(43-20-7-5-8-21-43)44-22-9-6-10-23-44/h5-38H,1-4H3. The highest BCUT2D eigenvalue weighted by atomic mass is 15.1. The van der Waals surface area contributed by atoms with Crippen molar-refractivity contribution in [1.29, 1.82) is 0 Å². The molecule has 62 heavy (non-hydrogen) atoms. The molecule has 12 rings (SSSR count). The third-order valence-corrected chi connectivity index (χ3v) is 14.0. The molecule has 1 aromatic heterocycles. The smallest absolute Gasteiger partial charge is 0.0544 e. The number of para-hydroxylation sites is 2. The van der Waals surface area contributed by atoms with Crippen molar-refractivity contribution in [3.05, 3.63) is 229 Å². The van der Waals surface area contributed by atoms with Gasteiger partial charge in [0.05, 0.1) is 11.0 Å². The van der Waals surface area contributed by atoms with E-state index in [2.05, 4.69) is 243 Å². The number of aromatic nitrogens is 1. The zero-order valence-corrected chi connectivity index (χ0v) is 35.5. The van der Waals surface area contributed by atoms with Crippen LogP contribution in [0.3, 0.4) is 0 Å². The van der Waals surface area contributed by atoms with Gasteiger partial charge >= 0.3 is 0 Å². The minimum absolute atomic E-state index is 0.105. The van der Waals surface area contributed by atoms with Gasteiger partial charge in [-0.05, 0) is 146 Å². The van der Waals surface area contributed by atoms with Crippen LogP contribution in [0.2, 0.25) is 0 Å². The third-order valence-electron chi connectivity index (χ3n) is 14.0. The summed E-state index contributed by atoms with van der Waals surface area (Å²) in [7, 11) is 0. The van der Waals surface area contributed by atoms with E-state index in [0.29, 0.717) is 0 Å². The Morgan fingerprint density at radius 2 is 0.758 bits per heavy atom. The topological polar surface area (TPSA) is 8.17 Å². The molecule has 0 fully saturated rings. The average Bonchev–Trinajstić information content (AvgIpc) is 3.84. The molecule has 2 aliphatic rings. The highest BCUT2D eigenvalue weighted by Crippen LogP contribution is 2.54. The van der Waals surface area contributed by atoms with Crippen LogP contribution in [0.5, 0.6) is 0 Å². The molecule has 0 atom stereocenters. The number of hydrogen-bond acceptors (Lipinski definition) is 1. The third kappa shape index (κ3) is 5.43. The van der Waals surface area contributed by atoms with Gasteiger partial charge in [0.1, 0.15) is 0 Å². The predicted octanol–water partition coefficient (Wildman–Crippen LogP) is 16.2. The Bertz CT molecular complexity index is 3230. The lowest BCUT2D eigenvalue weighted by molar-refractivity contribution is 0.660. The molecule has 0 radical (unpaired) electrons. The maximum Gasteiger partial charge on any atom is 0.0544 e. The zero-order valence-electron chi connectivity index (χ0n) is 35.5. The molecule has 0 saturated heterocycles. The molecule has 1 heterocycles. The largest absolute Gasteiger partial charge is 0.311 e. The Morgan fingerprint density at radius 3 is 1.29 bits per heavy atom. The predicted molar refractivity (Wildman–Crippen MR) is 261 cm³/mol. The fourth-order valence-corrected chi connectivity index (χ4v) is 10.8. The number of benzene rings is 9. The van der Waals surface area contributed by atoms with Crippen LogP contribution >= 0.6 is 0 Å². The van der Waals surface area contributed by atoms with Gasteiger partial charge in [0.15, 0.2) is 0 Å². The molecule has 0 amide bonds. The van der Waals surface area contributed by atoms with Gasteiger partial charge in [-0.15, -0.1) is 0 Å². The summed E-state index contributed by atoms with van der Waals surface area (Å²) in [5, 5.41) is 2.59. The molecule has 10 aromatic rings. The SMILES string of the molecule is CC1(C)c2ccccc2-c2cc3c4cc5c(cc4n(-c4cccc(-c6cccc(-c7ccc(N(c8ccccc8)c8ccccc8)cc7)c6)c4)c3cc21)C(C)(C)c1ccccc1-5. The van der Waals surface area contributed by atoms with Gasteiger partial charge in [0.25, 0.3) is 0 Å². The van der Waals surface area contributed by atoms with Crippen molar-refractivity contribution >= 4 is 38.9 Å². The van der Waals surface area contributed by atoms with Crippen LogP contribution in [-0.2, 0) is 10.8 Å². The summed E-state index contributed by atoms with van der Waals surface area (Å²) in [6.07, 6.45) is 0. The highest BCUT2D eigenvalue weighted by Gasteiger charge is 2.38. The van der Waals surface area contributed by atoms with E-state index in [1.165, 1.54) is 94.3 Å². The van der Waals surface area contributed by atoms with E-state index >= 15 is 0 Å². The number of nitrogens with zero attached hydrogens (tertiary/aromatic N) is 2. The molecule has 2 nitrogen and oxygen atoms in total. The number of hydrogen-bond donors (Lipinski definition) is 0. The molecule has 0 bridgehead atoms. The Hall–Kier alpha value is -7.42. The molecule has 0 aliphatic heterocycles. The Morgan fingerprint density at radius 1 is 0.323 bits per heavy atom. The van der Waals surface area contributed by atoms with E-state index in [1.54, 1.807) is 0 Å². The van der Waals surface area contributed by atoms with Crippen molar-refractivity contribution in [2.45, 2.75) is 38.5 Å². The Balaban J connectivity index is 0.988. The summed E-state index contributed by atoms with van der Waals surface area (Å²) >= 11 is 0. The zero-order chi connectivity index (χ0) is 41.7. The van der Waals surface area contributed by atoms with Crippen molar-refractivity contribution in [3.8, 4) is 50.2 Å². The van der Waals surface area contributed by atoms with E-state index in [4.69, 9.17) is 0 Å². The van der Waals surface area contributed by atoms with Crippen LogP contribution in [0.1, 0.15) is 49.9 Å². The van der Waals surface area contributed by atoms with Crippen LogP contribution in [0, 0.1) is 0 Å². The summed E-state index contributed by atoms with van der Waals surface area (Å²) in [5.41, 5.74) is 22.6. The lowest BCUT2D eigenvalue weighted by Gasteiger charge is -2.25. The molecule has 2 heteroatoms. The van der Waals surface area contributed by atoms with Gasteiger partial charge in [0, 0.05) is 44.4 Å². The van der Waals surface area contributed by atoms with Crippen LogP contribution in [0.25, 0.3) is 72.0 Å². The van der Waals surface area contributed by atoms with Gasteiger partial charge in [-0.1, -0.05) is 155 Å². The first-order valence-corrected chi connectivity index (χ1v) is 21.8. The molecule has 2 aliphatic carbocycles. The quantitative estimate of drug-likeness (QED) is 0.163. The first-order valence-electron chi connectivity index (χ1n) is 21.8. The molecule has 9 aromatic carbocycles. The molecule has 0 N–H and O–H groups in total. The van der Waals surface area contributed by atoms with Gasteiger partial charge in [-0.3, -0.25) is 0 Å². The normalized spacial score (nSPS) is 14.1. The van der Waals surface area contributed by atoms with Gasteiger partial charge in [0.2, 0.25) is 0 Å². The van der Waals surface area contributed by atoms with E-state index < -0.39 is 0 Å². The van der Waals surface area contributed by atoms with Gasteiger partial charge < -0.3 is 9.47 Å². The highest BCUT2D eigenvalue weighted by molar-refractivity contribution is 6.13. The lowest BCUT2D eigenvalue weighted by Crippen LogP contribution is -2.15. The Labute approximate surface area is 364 Å². The number of anilines is 3. The van der Waals surface area contributed by atoms with Crippen molar-refractivity contribution < 1.29 is 0 Å². The van der Waals surface area contributed by atoms with Crippen molar-refractivity contribution in [2.24, 2.45) is 0 Å². The van der Waals surface area contributed by atoms with Crippen molar-refractivity contribution in [2.75, 3.05) is 4.90 Å². The van der Waals surface area contributed by atoms with Crippen molar-refractivity contribution in [3.63, 3.8) is 0 Å². The summed E-state index contributed by atoms with van der Waals surface area (Å²) in [4.78, 5) is 2.31. The first kappa shape index (κ1) is 36.4. The van der Waals surface area contributed by atoms with E-state index in [1.807, 2.05) is 0 Å². The van der Waals surface area contributed by atoms with Crippen LogP contribution < -0.4 is 4.90 Å². The maximum absolute atomic E-state index is 2.54.